The summed E-state index contributed by atoms with van der Waals surface area (Å²) >= 11 is 0. The van der Waals surface area contributed by atoms with Gasteiger partial charge in [0.25, 0.3) is 0 Å². The highest BCUT2D eigenvalue weighted by Gasteiger charge is 2.32. The van der Waals surface area contributed by atoms with Gasteiger partial charge in [-0.2, -0.15) is 0 Å². The Labute approximate surface area is 148 Å². The molecule has 0 aliphatic heterocycles. The average molecular weight is 338 g/mol. The molecule has 0 bridgehead atoms. The smallest absolute Gasteiger partial charge is 0.325 e. The first-order valence-electron chi connectivity index (χ1n) is 8.24. The first kappa shape index (κ1) is 18.5. The van der Waals surface area contributed by atoms with Crippen LogP contribution in [0.4, 0.5) is 0 Å². The van der Waals surface area contributed by atoms with Gasteiger partial charge in [-0.05, 0) is 43.0 Å². The zero-order valence-corrected chi connectivity index (χ0v) is 14.3. The molecule has 1 atom stereocenters. The van der Waals surface area contributed by atoms with Gasteiger partial charge in [0.1, 0.15) is 11.5 Å². The molecule has 0 spiro atoms. The molecule has 130 valence electrons. The third-order valence-corrected chi connectivity index (χ3v) is 3.70. The third kappa shape index (κ3) is 5.92. The summed E-state index contributed by atoms with van der Waals surface area (Å²) in [6.45, 7) is 5.66. The fourth-order valence-corrected chi connectivity index (χ4v) is 2.42. The van der Waals surface area contributed by atoms with Gasteiger partial charge in [-0.15, -0.1) is 6.58 Å². The summed E-state index contributed by atoms with van der Waals surface area (Å²) in [5.74, 6) is -1.29. The predicted octanol–water partition coefficient (Wildman–Crippen LogP) is 4.42. The second-order valence-electron chi connectivity index (χ2n) is 5.89. The zero-order chi connectivity index (χ0) is 18.1. The first-order valence-corrected chi connectivity index (χ1v) is 8.24. The van der Waals surface area contributed by atoms with Crippen molar-refractivity contribution in [1.82, 2.24) is 0 Å². The molecule has 0 amide bonds. The van der Waals surface area contributed by atoms with Crippen LogP contribution in [0.5, 0.6) is 11.5 Å². The van der Waals surface area contributed by atoms with Crippen molar-refractivity contribution in [2.45, 2.75) is 19.8 Å². The molecular formula is C21H22O4. The molecule has 0 heterocycles. The van der Waals surface area contributed by atoms with Crippen LogP contribution in [0.15, 0.2) is 73.3 Å². The molecule has 4 heteroatoms. The van der Waals surface area contributed by atoms with E-state index in [0.29, 0.717) is 24.3 Å². The summed E-state index contributed by atoms with van der Waals surface area (Å²) < 4.78 is 10.7. The lowest BCUT2D eigenvalue weighted by Gasteiger charge is -2.18. The van der Waals surface area contributed by atoms with Crippen LogP contribution in [0.1, 0.15) is 19.8 Å². The van der Waals surface area contributed by atoms with Crippen molar-refractivity contribution >= 4 is 11.9 Å². The van der Waals surface area contributed by atoms with E-state index in [0.717, 1.165) is 0 Å². The summed E-state index contributed by atoms with van der Waals surface area (Å²) in [6, 6.07) is 17.4. The molecule has 4 nitrogen and oxygen atoms in total. The number of hydrogen-bond acceptors (Lipinski definition) is 4. The standard InChI is InChI=1S/C21H22O4/c1-3-10-16(2)15-19(20(22)24-17-11-6-4-7-12-17)21(23)25-18-13-8-5-9-14-18/h3-9,11-14,16,19H,1,10,15H2,2H3. The van der Waals surface area contributed by atoms with E-state index in [2.05, 4.69) is 6.58 Å². The minimum absolute atomic E-state index is 0.106. The third-order valence-electron chi connectivity index (χ3n) is 3.70. The Balaban J connectivity index is 2.12. The van der Waals surface area contributed by atoms with Gasteiger partial charge in [0, 0.05) is 0 Å². The van der Waals surface area contributed by atoms with Gasteiger partial charge >= 0.3 is 11.9 Å². The van der Waals surface area contributed by atoms with Crippen molar-refractivity contribution in [3.05, 3.63) is 73.3 Å². The molecule has 0 N–H and O–H groups in total. The van der Waals surface area contributed by atoms with Crippen molar-refractivity contribution in [2.75, 3.05) is 0 Å². The fraction of sp³-hybridized carbons (Fsp3) is 0.238. The Kier molecular flexibility index (Phi) is 6.96. The summed E-state index contributed by atoms with van der Waals surface area (Å²) in [6.07, 6.45) is 2.81. The molecule has 0 fully saturated rings. The van der Waals surface area contributed by atoms with Crippen molar-refractivity contribution < 1.29 is 19.1 Å². The number of rotatable bonds is 8. The van der Waals surface area contributed by atoms with Gasteiger partial charge in [0.15, 0.2) is 5.92 Å². The maximum atomic E-state index is 12.5. The predicted molar refractivity (Wildman–Crippen MR) is 96.2 cm³/mol. The van der Waals surface area contributed by atoms with E-state index in [-0.39, 0.29) is 5.92 Å². The van der Waals surface area contributed by atoms with E-state index in [4.69, 9.17) is 9.47 Å². The molecule has 0 aliphatic carbocycles. The maximum absolute atomic E-state index is 12.5. The molecule has 2 aromatic carbocycles. The van der Waals surface area contributed by atoms with E-state index < -0.39 is 17.9 Å². The van der Waals surface area contributed by atoms with Crippen LogP contribution >= 0.6 is 0 Å². The Hall–Kier alpha value is -2.88. The lowest BCUT2D eigenvalue weighted by atomic mass is 9.93. The van der Waals surface area contributed by atoms with Crippen molar-refractivity contribution in [3.8, 4) is 11.5 Å². The summed E-state index contributed by atoms with van der Waals surface area (Å²) in [7, 11) is 0. The number of carbonyl (C=O) groups excluding carboxylic acids is 2. The fourth-order valence-electron chi connectivity index (χ4n) is 2.42. The molecule has 1 unspecified atom stereocenters. The van der Waals surface area contributed by atoms with Crippen LogP contribution in [-0.2, 0) is 9.59 Å². The molecule has 0 aromatic heterocycles. The van der Waals surface area contributed by atoms with E-state index in [9.17, 15) is 9.59 Å². The van der Waals surface area contributed by atoms with Gasteiger partial charge in [0.2, 0.25) is 0 Å². The lowest BCUT2D eigenvalue weighted by molar-refractivity contribution is -0.152. The Morgan fingerprint density at radius 2 is 1.36 bits per heavy atom. The second kappa shape index (κ2) is 9.42. The molecule has 2 rings (SSSR count). The number of para-hydroxylation sites is 2. The SMILES string of the molecule is C=CCC(C)CC(C(=O)Oc1ccccc1)C(=O)Oc1ccccc1. The van der Waals surface area contributed by atoms with Crippen LogP contribution in [0, 0.1) is 11.8 Å². The summed E-state index contributed by atoms with van der Waals surface area (Å²) in [4.78, 5) is 25.1. The van der Waals surface area contributed by atoms with Gasteiger partial charge in [-0.1, -0.05) is 49.4 Å². The number of hydrogen-bond donors (Lipinski definition) is 0. The van der Waals surface area contributed by atoms with Crippen LogP contribution in [0.25, 0.3) is 0 Å². The van der Waals surface area contributed by atoms with Crippen molar-refractivity contribution in [2.24, 2.45) is 11.8 Å². The van der Waals surface area contributed by atoms with Crippen LogP contribution < -0.4 is 9.47 Å². The number of benzene rings is 2. The van der Waals surface area contributed by atoms with Gasteiger partial charge in [0.05, 0.1) is 0 Å². The number of allylic oxidation sites excluding steroid dienone is 1. The number of carbonyl (C=O) groups is 2. The topological polar surface area (TPSA) is 52.6 Å². The average Bonchev–Trinajstić information content (AvgIpc) is 2.61. The molecule has 0 radical (unpaired) electrons. The molecule has 0 saturated heterocycles. The van der Waals surface area contributed by atoms with Crippen LogP contribution in [0.2, 0.25) is 0 Å². The van der Waals surface area contributed by atoms with Gasteiger partial charge < -0.3 is 9.47 Å². The Morgan fingerprint density at radius 3 is 1.76 bits per heavy atom. The normalized spacial score (nSPS) is 11.6. The molecule has 2 aromatic rings. The molecule has 25 heavy (non-hydrogen) atoms. The van der Waals surface area contributed by atoms with Gasteiger partial charge in [-0.3, -0.25) is 9.59 Å². The highest BCUT2D eigenvalue weighted by atomic mass is 16.6. The quantitative estimate of drug-likeness (QED) is 0.309. The molecular weight excluding hydrogens is 316 g/mol. The Bertz CT molecular complexity index is 641. The minimum atomic E-state index is -0.990. The highest BCUT2D eigenvalue weighted by Crippen LogP contribution is 2.22. The van der Waals surface area contributed by atoms with E-state index in [1.807, 2.05) is 19.1 Å². The largest absolute Gasteiger partial charge is 0.426 e. The van der Waals surface area contributed by atoms with E-state index >= 15 is 0 Å². The molecule has 0 aliphatic rings. The van der Waals surface area contributed by atoms with E-state index in [1.54, 1.807) is 54.6 Å². The van der Waals surface area contributed by atoms with Gasteiger partial charge in [-0.25, -0.2) is 0 Å². The summed E-state index contributed by atoms with van der Waals surface area (Å²) in [5, 5.41) is 0. The number of ether oxygens (including phenoxy) is 2. The monoisotopic (exact) mass is 338 g/mol. The highest BCUT2D eigenvalue weighted by molar-refractivity contribution is 5.96. The zero-order valence-electron chi connectivity index (χ0n) is 14.3. The maximum Gasteiger partial charge on any atom is 0.325 e. The first-order chi connectivity index (χ1) is 12.1. The van der Waals surface area contributed by atoms with Crippen LogP contribution in [0.3, 0.4) is 0 Å². The molecule has 0 saturated carbocycles. The number of esters is 2. The second-order valence-corrected chi connectivity index (χ2v) is 5.89. The van der Waals surface area contributed by atoms with Crippen molar-refractivity contribution in [3.63, 3.8) is 0 Å². The van der Waals surface area contributed by atoms with Crippen molar-refractivity contribution in [1.29, 1.82) is 0 Å². The minimum Gasteiger partial charge on any atom is -0.426 e. The Morgan fingerprint density at radius 1 is 0.920 bits per heavy atom. The van der Waals surface area contributed by atoms with E-state index in [1.165, 1.54) is 0 Å². The van der Waals surface area contributed by atoms with Crippen LogP contribution in [-0.4, -0.2) is 11.9 Å². The summed E-state index contributed by atoms with van der Waals surface area (Å²) in [5.41, 5.74) is 0. The lowest BCUT2D eigenvalue weighted by Crippen LogP contribution is -2.33.